The van der Waals surface area contributed by atoms with E-state index in [1.54, 1.807) is 0 Å². The zero-order valence-electron chi connectivity index (χ0n) is 7.83. The van der Waals surface area contributed by atoms with E-state index < -0.39 is 36.3 Å². The Morgan fingerprint density at radius 3 is 2.44 bits per heavy atom. The molecular formula is C8H5Cl2FO4S. The van der Waals surface area contributed by atoms with Crippen LogP contribution in [0.4, 0.5) is 4.39 Å². The molecule has 8 heteroatoms. The van der Waals surface area contributed by atoms with Crippen molar-refractivity contribution in [3.63, 3.8) is 0 Å². The summed E-state index contributed by atoms with van der Waals surface area (Å²) in [6.45, 7) is 0. The van der Waals surface area contributed by atoms with Crippen LogP contribution >= 0.6 is 22.3 Å². The van der Waals surface area contributed by atoms with Crippen LogP contribution in [0.15, 0.2) is 17.0 Å². The Kier molecular flexibility index (Phi) is 3.77. The maximum Gasteiger partial charge on any atom is 0.340 e. The number of hydrogen-bond acceptors (Lipinski definition) is 4. The number of esters is 1. The number of benzene rings is 1. The zero-order chi connectivity index (χ0) is 12.5. The van der Waals surface area contributed by atoms with Crippen LogP contribution in [0.1, 0.15) is 10.4 Å². The molecule has 0 N–H and O–H groups in total. The zero-order valence-corrected chi connectivity index (χ0v) is 10.2. The van der Waals surface area contributed by atoms with Gasteiger partial charge in [-0.05, 0) is 12.1 Å². The fourth-order valence-corrected chi connectivity index (χ4v) is 2.37. The van der Waals surface area contributed by atoms with Gasteiger partial charge in [-0.1, -0.05) is 11.6 Å². The Bertz CT molecular complexity index is 541. The fraction of sp³-hybridized carbons (Fsp3) is 0.125. The van der Waals surface area contributed by atoms with Crippen LogP contribution in [0.5, 0.6) is 0 Å². The van der Waals surface area contributed by atoms with Crippen LogP contribution in [-0.4, -0.2) is 21.5 Å². The van der Waals surface area contributed by atoms with Crippen molar-refractivity contribution in [3.8, 4) is 0 Å². The lowest BCUT2D eigenvalue weighted by Crippen LogP contribution is -2.09. The van der Waals surface area contributed by atoms with Crippen molar-refractivity contribution in [1.29, 1.82) is 0 Å². The predicted molar refractivity (Wildman–Crippen MR) is 55.8 cm³/mol. The summed E-state index contributed by atoms with van der Waals surface area (Å²) in [5.74, 6) is -2.02. The van der Waals surface area contributed by atoms with Crippen LogP contribution in [0.25, 0.3) is 0 Å². The molecule has 4 nitrogen and oxygen atoms in total. The lowest BCUT2D eigenvalue weighted by atomic mass is 10.2. The molecule has 1 aromatic rings. The molecule has 16 heavy (non-hydrogen) atoms. The van der Waals surface area contributed by atoms with E-state index in [1.165, 1.54) is 0 Å². The topological polar surface area (TPSA) is 60.4 Å². The van der Waals surface area contributed by atoms with E-state index in [9.17, 15) is 17.6 Å². The summed E-state index contributed by atoms with van der Waals surface area (Å²) < 4.78 is 39.6. The van der Waals surface area contributed by atoms with Gasteiger partial charge in [-0.2, -0.15) is 0 Å². The van der Waals surface area contributed by atoms with Gasteiger partial charge >= 0.3 is 5.97 Å². The average Bonchev–Trinajstić information content (AvgIpc) is 2.19. The molecular weight excluding hydrogens is 282 g/mol. The first-order chi connectivity index (χ1) is 7.29. The molecule has 0 aliphatic heterocycles. The summed E-state index contributed by atoms with van der Waals surface area (Å²) in [4.78, 5) is 10.7. The summed E-state index contributed by atoms with van der Waals surface area (Å²) in [5.41, 5.74) is -0.612. The van der Waals surface area contributed by atoms with Crippen molar-refractivity contribution in [1.82, 2.24) is 0 Å². The molecule has 0 unspecified atom stereocenters. The van der Waals surface area contributed by atoms with Crippen molar-refractivity contribution in [2.24, 2.45) is 0 Å². The van der Waals surface area contributed by atoms with Gasteiger partial charge in [-0.15, -0.1) is 0 Å². The molecule has 0 fully saturated rings. The standard InChI is InChI=1S/C8H5Cl2FO4S/c1-15-8(12)6-5(16(10,13)14)3-2-4(11)7(6)9/h2-3H,1H3. The van der Waals surface area contributed by atoms with Gasteiger partial charge in [-0.25, -0.2) is 17.6 Å². The maximum absolute atomic E-state index is 13.1. The lowest BCUT2D eigenvalue weighted by molar-refractivity contribution is 0.0596. The quantitative estimate of drug-likeness (QED) is 0.618. The van der Waals surface area contributed by atoms with Crippen LogP contribution in [-0.2, 0) is 13.8 Å². The van der Waals surface area contributed by atoms with Crippen LogP contribution in [0.3, 0.4) is 0 Å². The predicted octanol–water partition coefficient (Wildman–Crippen LogP) is 2.19. The van der Waals surface area contributed by atoms with E-state index in [2.05, 4.69) is 4.74 Å². The SMILES string of the molecule is COC(=O)c1c(S(=O)(=O)Cl)ccc(F)c1Cl. The minimum absolute atomic E-state index is 0.590. The number of hydrogen-bond donors (Lipinski definition) is 0. The highest BCUT2D eigenvalue weighted by molar-refractivity contribution is 8.13. The Balaban J connectivity index is 3.65. The highest BCUT2D eigenvalue weighted by atomic mass is 35.7. The molecule has 1 rings (SSSR count). The summed E-state index contributed by atoms with van der Waals surface area (Å²) in [5, 5.41) is -0.645. The summed E-state index contributed by atoms with van der Waals surface area (Å²) in [6.07, 6.45) is 0. The van der Waals surface area contributed by atoms with Crippen molar-refractivity contribution in [2.45, 2.75) is 4.90 Å². The highest BCUT2D eigenvalue weighted by Gasteiger charge is 2.26. The van der Waals surface area contributed by atoms with Gasteiger partial charge in [0.2, 0.25) is 0 Å². The molecule has 0 aliphatic carbocycles. The Morgan fingerprint density at radius 1 is 1.44 bits per heavy atom. The highest BCUT2D eigenvalue weighted by Crippen LogP contribution is 2.29. The van der Waals surface area contributed by atoms with E-state index in [-0.39, 0.29) is 0 Å². The second-order valence-corrected chi connectivity index (χ2v) is 5.58. The number of rotatable bonds is 2. The monoisotopic (exact) mass is 286 g/mol. The van der Waals surface area contributed by atoms with E-state index >= 15 is 0 Å². The molecule has 88 valence electrons. The van der Waals surface area contributed by atoms with Gasteiger partial charge in [0, 0.05) is 10.7 Å². The third kappa shape index (κ3) is 2.45. The Morgan fingerprint density at radius 2 is 2.00 bits per heavy atom. The first kappa shape index (κ1) is 13.2. The van der Waals surface area contributed by atoms with E-state index in [4.69, 9.17) is 22.3 Å². The fourth-order valence-electron chi connectivity index (χ4n) is 1.03. The maximum atomic E-state index is 13.1. The van der Waals surface area contributed by atoms with Gasteiger partial charge < -0.3 is 4.74 Å². The van der Waals surface area contributed by atoms with Gasteiger partial charge in [0.15, 0.2) is 0 Å². The molecule has 1 aromatic carbocycles. The van der Waals surface area contributed by atoms with Crippen LogP contribution in [0, 0.1) is 5.82 Å². The number of carbonyl (C=O) groups is 1. The van der Waals surface area contributed by atoms with Crippen molar-refractivity contribution >= 4 is 37.3 Å². The van der Waals surface area contributed by atoms with Crippen molar-refractivity contribution in [2.75, 3.05) is 7.11 Å². The minimum atomic E-state index is -4.21. The first-order valence-electron chi connectivity index (χ1n) is 3.80. The molecule has 0 atom stereocenters. The van der Waals surface area contributed by atoms with E-state index in [0.717, 1.165) is 19.2 Å². The van der Waals surface area contributed by atoms with Gasteiger partial charge in [0.05, 0.1) is 17.0 Å². The first-order valence-corrected chi connectivity index (χ1v) is 6.48. The summed E-state index contributed by atoms with van der Waals surface area (Å²) in [7, 11) is 1.87. The van der Waals surface area contributed by atoms with E-state index in [0.29, 0.717) is 0 Å². The smallest absolute Gasteiger partial charge is 0.340 e. The summed E-state index contributed by atoms with van der Waals surface area (Å²) >= 11 is 5.48. The molecule has 0 aromatic heterocycles. The third-order valence-electron chi connectivity index (χ3n) is 1.71. The minimum Gasteiger partial charge on any atom is -0.465 e. The third-order valence-corrected chi connectivity index (χ3v) is 3.44. The molecule has 0 radical (unpaired) electrons. The number of ether oxygens (including phenoxy) is 1. The lowest BCUT2D eigenvalue weighted by Gasteiger charge is -2.07. The Hall–Kier alpha value is -0.850. The van der Waals surface area contributed by atoms with Gasteiger partial charge in [0.1, 0.15) is 11.4 Å². The van der Waals surface area contributed by atoms with Crippen molar-refractivity contribution in [3.05, 3.63) is 28.5 Å². The number of carbonyl (C=O) groups excluding carboxylic acids is 1. The van der Waals surface area contributed by atoms with Crippen LogP contribution < -0.4 is 0 Å². The van der Waals surface area contributed by atoms with Crippen molar-refractivity contribution < 1.29 is 22.3 Å². The number of methoxy groups -OCH3 is 1. The molecule has 0 aliphatic rings. The Labute approximate surface area is 100 Å². The normalized spacial score (nSPS) is 11.2. The largest absolute Gasteiger partial charge is 0.465 e. The molecule has 0 amide bonds. The second-order valence-electron chi connectivity index (χ2n) is 2.66. The van der Waals surface area contributed by atoms with Crippen LogP contribution in [0.2, 0.25) is 5.02 Å². The molecule has 0 spiro atoms. The van der Waals surface area contributed by atoms with Gasteiger partial charge in [-0.3, -0.25) is 0 Å². The molecule has 0 heterocycles. The second kappa shape index (κ2) is 4.57. The van der Waals surface area contributed by atoms with Gasteiger partial charge in [0.25, 0.3) is 9.05 Å². The molecule has 0 saturated heterocycles. The summed E-state index contributed by atoms with van der Waals surface area (Å²) in [6, 6.07) is 1.64. The molecule has 0 saturated carbocycles. The number of halogens is 3. The van der Waals surface area contributed by atoms with E-state index in [1.807, 2.05) is 0 Å². The molecule has 0 bridgehead atoms. The average molecular weight is 287 g/mol.